The van der Waals surface area contributed by atoms with E-state index < -0.39 is 11.7 Å². The molecule has 17 heavy (non-hydrogen) atoms. The molecule has 0 fully saturated rings. The second kappa shape index (κ2) is 6.00. The molecule has 0 saturated carbocycles. The van der Waals surface area contributed by atoms with Gasteiger partial charge in [0.15, 0.2) is 0 Å². The summed E-state index contributed by atoms with van der Waals surface area (Å²) < 4.78 is 13.4. The molecule has 3 nitrogen and oxygen atoms in total. The van der Waals surface area contributed by atoms with Gasteiger partial charge in [0.2, 0.25) is 0 Å². The van der Waals surface area contributed by atoms with Crippen LogP contribution in [0.1, 0.15) is 24.2 Å². The Hall–Kier alpha value is -1.10. The summed E-state index contributed by atoms with van der Waals surface area (Å²) >= 11 is 3.28. The minimum atomic E-state index is -0.723. The number of phenols is 1. The van der Waals surface area contributed by atoms with Crippen molar-refractivity contribution in [3.8, 4) is 5.75 Å². The lowest BCUT2D eigenvalue weighted by atomic mass is 10.1. The molecule has 0 aliphatic heterocycles. The molecule has 0 bridgehead atoms. The highest BCUT2D eigenvalue weighted by molar-refractivity contribution is 9.09. The number of amides is 1. The number of aromatic hydroxyl groups is 1. The Balaban J connectivity index is 2.90. The predicted octanol–water partition coefficient (Wildman–Crippen LogP) is 2.68. The number of alkyl halides is 1. The van der Waals surface area contributed by atoms with Crippen molar-refractivity contribution in [3.63, 3.8) is 0 Å². The molecule has 94 valence electrons. The molecular weight excluding hydrogens is 289 g/mol. The van der Waals surface area contributed by atoms with Gasteiger partial charge in [-0.2, -0.15) is 0 Å². The quantitative estimate of drug-likeness (QED) is 0.840. The van der Waals surface area contributed by atoms with E-state index in [2.05, 4.69) is 21.2 Å². The van der Waals surface area contributed by atoms with Crippen LogP contribution in [0.5, 0.6) is 5.75 Å². The van der Waals surface area contributed by atoms with E-state index in [0.717, 1.165) is 6.07 Å². The Kier molecular flexibility index (Phi) is 4.93. The van der Waals surface area contributed by atoms with Gasteiger partial charge in [0.05, 0.1) is 0 Å². The smallest absolute Gasteiger partial charge is 0.258 e. The monoisotopic (exact) mass is 303 g/mol. The molecule has 0 aliphatic carbocycles. The molecule has 0 heterocycles. The van der Waals surface area contributed by atoms with Crippen LogP contribution >= 0.6 is 15.9 Å². The number of hydrogen-bond donors (Lipinski definition) is 2. The summed E-state index contributed by atoms with van der Waals surface area (Å²) in [6.07, 6.45) is 0. The summed E-state index contributed by atoms with van der Waals surface area (Å²) in [5.74, 6) is -1.45. The van der Waals surface area contributed by atoms with Crippen molar-refractivity contribution in [1.29, 1.82) is 0 Å². The largest absolute Gasteiger partial charge is 0.507 e. The zero-order chi connectivity index (χ0) is 13.0. The maximum absolute atomic E-state index is 13.4. The maximum atomic E-state index is 13.4. The first-order valence-corrected chi connectivity index (χ1v) is 6.43. The normalized spacial score (nSPS) is 12.5. The first-order chi connectivity index (χ1) is 7.97. The Bertz CT molecular complexity index is 389. The third-order valence-electron chi connectivity index (χ3n) is 2.51. The van der Waals surface area contributed by atoms with Gasteiger partial charge in [-0.15, -0.1) is 0 Å². The third-order valence-corrected chi connectivity index (χ3v) is 3.20. The lowest BCUT2D eigenvalue weighted by molar-refractivity contribution is 0.0924. The van der Waals surface area contributed by atoms with E-state index in [-0.39, 0.29) is 23.3 Å². The average molecular weight is 304 g/mol. The summed E-state index contributed by atoms with van der Waals surface area (Å²) in [5, 5.41) is 12.7. The van der Waals surface area contributed by atoms with E-state index in [1.54, 1.807) is 0 Å². The van der Waals surface area contributed by atoms with E-state index in [9.17, 15) is 14.3 Å². The van der Waals surface area contributed by atoms with Crippen LogP contribution in [0.4, 0.5) is 4.39 Å². The first kappa shape index (κ1) is 14.0. The van der Waals surface area contributed by atoms with E-state index in [1.807, 2.05) is 13.8 Å². The third kappa shape index (κ3) is 3.43. The van der Waals surface area contributed by atoms with Crippen molar-refractivity contribution >= 4 is 21.8 Å². The van der Waals surface area contributed by atoms with Crippen LogP contribution in [0, 0.1) is 11.7 Å². The lowest BCUT2D eigenvalue weighted by Gasteiger charge is -2.20. The minimum Gasteiger partial charge on any atom is -0.507 e. The van der Waals surface area contributed by atoms with Gasteiger partial charge in [0.25, 0.3) is 5.91 Å². The Morgan fingerprint density at radius 3 is 2.65 bits per heavy atom. The molecule has 0 aromatic heterocycles. The summed E-state index contributed by atoms with van der Waals surface area (Å²) in [6.45, 7) is 3.90. The second-order valence-corrected chi connectivity index (χ2v) is 4.76. The van der Waals surface area contributed by atoms with Crippen LogP contribution in [0.2, 0.25) is 0 Å². The number of rotatable bonds is 4. The standard InChI is InChI=1S/C12H15BrFNO2/c1-7(2)9(6-13)15-12(17)11-8(14)4-3-5-10(11)16/h3-5,7,9,16H,6H2,1-2H3,(H,15,17). The minimum absolute atomic E-state index is 0.110. The molecule has 5 heteroatoms. The SMILES string of the molecule is CC(C)C(CBr)NC(=O)c1c(O)cccc1F. The number of benzene rings is 1. The molecule has 0 saturated heterocycles. The van der Waals surface area contributed by atoms with Gasteiger partial charge in [-0.1, -0.05) is 35.8 Å². The van der Waals surface area contributed by atoms with E-state index in [1.165, 1.54) is 12.1 Å². The molecule has 0 aliphatic rings. The van der Waals surface area contributed by atoms with Gasteiger partial charge >= 0.3 is 0 Å². The number of nitrogens with one attached hydrogen (secondary N) is 1. The van der Waals surface area contributed by atoms with Gasteiger partial charge < -0.3 is 10.4 Å². The maximum Gasteiger partial charge on any atom is 0.258 e. The van der Waals surface area contributed by atoms with Crippen molar-refractivity contribution in [3.05, 3.63) is 29.6 Å². The van der Waals surface area contributed by atoms with Crippen LogP contribution in [0.25, 0.3) is 0 Å². The van der Waals surface area contributed by atoms with Crippen molar-refractivity contribution in [1.82, 2.24) is 5.32 Å². The predicted molar refractivity (Wildman–Crippen MR) is 68.0 cm³/mol. The Labute approximate surface area is 108 Å². The molecule has 1 amide bonds. The van der Waals surface area contributed by atoms with E-state index >= 15 is 0 Å². The Morgan fingerprint density at radius 1 is 1.53 bits per heavy atom. The van der Waals surface area contributed by atoms with Crippen molar-refractivity contribution in [2.75, 3.05) is 5.33 Å². The average Bonchev–Trinajstić information content (AvgIpc) is 2.25. The highest BCUT2D eigenvalue weighted by Crippen LogP contribution is 2.20. The molecule has 1 aromatic carbocycles. The zero-order valence-corrected chi connectivity index (χ0v) is 11.3. The molecular formula is C12H15BrFNO2. The number of carbonyl (C=O) groups excluding carboxylic acids is 1. The van der Waals surface area contributed by atoms with Crippen LogP contribution in [0.3, 0.4) is 0 Å². The second-order valence-electron chi connectivity index (χ2n) is 4.11. The molecule has 0 spiro atoms. The topological polar surface area (TPSA) is 49.3 Å². The summed E-state index contributed by atoms with van der Waals surface area (Å²) in [7, 11) is 0. The van der Waals surface area contributed by atoms with Crippen LogP contribution in [0.15, 0.2) is 18.2 Å². The summed E-state index contributed by atoms with van der Waals surface area (Å²) in [6, 6.07) is 3.68. The summed E-state index contributed by atoms with van der Waals surface area (Å²) in [4.78, 5) is 11.8. The fourth-order valence-electron chi connectivity index (χ4n) is 1.36. The fraction of sp³-hybridized carbons (Fsp3) is 0.417. The fourth-order valence-corrected chi connectivity index (χ4v) is 2.27. The van der Waals surface area contributed by atoms with Crippen LogP contribution in [-0.4, -0.2) is 22.4 Å². The van der Waals surface area contributed by atoms with E-state index in [0.29, 0.717) is 5.33 Å². The molecule has 1 rings (SSSR count). The van der Waals surface area contributed by atoms with Crippen molar-refractivity contribution in [2.45, 2.75) is 19.9 Å². The van der Waals surface area contributed by atoms with Crippen molar-refractivity contribution in [2.24, 2.45) is 5.92 Å². The van der Waals surface area contributed by atoms with Gasteiger partial charge in [-0.3, -0.25) is 4.79 Å². The van der Waals surface area contributed by atoms with E-state index in [4.69, 9.17) is 0 Å². The Morgan fingerprint density at radius 2 is 2.18 bits per heavy atom. The number of phenolic OH excluding ortho intramolecular Hbond substituents is 1. The molecule has 1 aromatic rings. The highest BCUT2D eigenvalue weighted by Gasteiger charge is 2.20. The van der Waals surface area contributed by atoms with Gasteiger partial charge in [-0.25, -0.2) is 4.39 Å². The molecule has 2 N–H and O–H groups in total. The molecule has 0 radical (unpaired) electrons. The van der Waals surface area contributed by atoms with Crippen LogP contribution in [-0.2, 0) is 0 Å². The highest BCUT2D eigenvalue weighted by atomic mass is 79.9. The molecule has 1 atom stereocenters. The molecule has 1 unspecified atom stereocenters. The number of hydrogen-bond acceptors (Lipinski definition) is 2. The van der Waals surface area contributed by atoms with Gasteiger partial charge in [-0.05, 0) is 18.1 Å². The zero-order valence-electron chi connectivity index (χ0n) is 9.71. The number of halogens is 2. The van der Waals surface area contributed by atoms with Crippen LogP contribution < -0.4 is 5.32 Å². The first-order valence-electron chi connectivity index (χ1n) is 5.31. The lowest BCUT2D eigenvalue weighted by Crippen LogP contribution is -2.40. The summed E-state index contributed by atoms with van der Waals surface area (Å²) in [5.41, 5.74) is -0.306. The number of carbonyl (C=O) groups is 1. The van der Waals surface area contributed by atoms with Gasteiger partial charge in [0, 0.05) is 11.4 Å². The van der Waals surface area contributed by atoms with Gasteiger partial charge in [0.1, 0.15) is 17.1 Å². The van der Waals surface area contributed by atoms with Crippen molar-refractivity contribution < 1.29 is 14.3 Å².